The van der Waals surface area contributed by atoms with Gasteiger partial charge in [0.1, 0.15) is 11.3 Å². The van der Waals surface area contributed by atoms with Crippen molar-refractivity contribution in [1.82, 2.24) is 29.8 Å². The van der Waals surface area contributed by atoms with E-state index in [9.17, 15) is 19.2 Å². The van der Waals surface area contributed by atoms with Crippen LogP contribution >= 0.6 is 11.3 Å². The van der Waals surface area contributed by atoms with Gasteiger partial charge in [-0.1, -0.05) is 19.9 Å². The number of benzene rings is 1. The Bertz CT molecular complexity index is 2310. The molecule has 4 aromatic rings. The minimum absolute atomic E-state index is 0.0104. The molecule has 6 bridgehead atoms. The zero-order chi connectivity index (χ0) is 40.4. The van der Waals surface area contributed by atoms with Gasteiger partial charge in [-0.3, -0.25) is 19.4 Å². The van der Waals surface area contributed by atoms with Crippen LogP contribution in [0.1, 0.15) is 81.7 Å². The number of thiazole rings is 1. The number of aryl methyl sites for hydroxylation is 1. The summed E-state index contributed by atoms with van der Waals surface area (Å²) in [7, 11) is 5.48. The van der Waals surface area contributed by atoms with Crippen molar-refractivity contribution in [2.75, 3.05) is 33.4 Å². The number of nitrogens with zero attached hydrogens (tertiary/aromatic N) is 6. The molecule has 0 saturated carbocycles. The number of ether oxygens (including phenoxy) is 2. The maximum atomic E-state index is 14.8. The smallest absolute Gasteiger partial charge is 0.379 e. The number of hydrogen-bond acceptors (Lipinski definition) is 10. The molecule has 57 heavy (non-hydrogen) atoms. The first-order valence-electron chi connectivity index (χ1n) is 19.6. The van der Waals surface area contributed by atoms with Gasteiger partial charge in [-0.2, -0.15) is 0 Å². The number of cyclic esters (lactones) is 1. The van der Waals surface area contributed by atoms with E-state index < -0.39 is 40.5 Å². The Balaban J connectivity index is 1.27. The second-order valence-corrected chi connectivity index (χ2v) is 18.5. The Labute approximate surface area is 344 Å². The highest BCUT2D eigenvalue weighted by Crippen LogP contribution is 2.57. The minimum atomic E-state index is -1.66. The highest BCUT2D eigenvalue weighted by Gasteiger charge is 2.51. The van der Waals surface area contributed by atoms with Crippen molar-refractivity contribution in [3.05, 3.63) is 58.2 Å². The third kappa shape index (κ3) is 6.81. The average molecular weight is 826 g/mol. The van der Waals surface area contributed by atoms with Crippen LogP contribution in [0, 0.1) is 11.3 Å². The zero-order valence-electron chi connectivity index (χ0n) is 32.9. The van der Waals surface area contributed by atoms with E-state index in [1.54, 1.807) is 18.2 Å². The van der Waals surface area contributed by atoms with E-state index in [0.29, 0.717) is 43.8 Å². The van der Waals surface area contributed by atoms with Gasteiger partial charge >= 0.3 is 5.97 Å². The van der Waals surface area contributed by atoms with E-state index >= 15 is 0 Å². The molecule has 3 aliphatic heterocycles. The first-order valence-corrected chi connectivity index (χ1v) is 21.4. The second kappa shape index (κ2) is 15.1. The number of amides is 3. The molecule has 2 fully saturated rings. The molecule has 6 heterocycles. The lowest BCUT2D eigenvalue weighted by molar-refractivity contribution is -0.676. The predicted octanol–water partition coefficient (Wildman–Crippen LogP) is 4.65. The molecule has 0 spiro atoms. The van der Waals surface area contributed by atoms with Gasteiger partial charge in [-0.05, 0) is 60.1 Å². The highest BCUT2D eigenvalue weighted by atomic mass is 32.1. The van der Waals surface area contributed by atoms with Crippen molar-refractivity contribution >= 4 is 68.6 Å². The van der Waals surface area contributed by atoms with Gasteiger partial charge in [0.2, 0.25) is 11.8 Å². The molecule has 297 valence electrons. The van der Waals surface area contributed by atoms with Crippen molar-refractivity contribution in [3.8, 4) is 22.5 Å². The number of carbonyl (C=O) groups excluding carboxylic acids is 4. The Morgan fingerprint density at radius 2 is 1.96 bits per heavy atom. The molecule has 2 saturated heterocycles. The average Bonchev–Trinajstić information content (AvgIpc) is 3.80. The Kier molecular flexibility index (Phi) is 10.4. The Morgan fingerprint density at radius 1 is 1.18 bits per heavy atom. The number of methoxy groups -OCH3 is 1. The summed E-state index contributed by atoms with van der Waals surface area (Å²) < 4.78 is 16.1. The third-order valence-corrected chi connectivity index (χ3v) is 14.0. The van der Waals surface area contributed by atoms with Crippen LogP contribution in [-0.4, -0.2) is 107 Å². The van der Waals surface area contributed by atoms with Crippen LogP contribution in [0.15, 0.2) is 41.9 Å². The van der Waals surface area contributed by atoms with E-state index in [0.717, 1.165) is 44.7 Å². The fraction of sp³-hybridized carbons (Fsp3) is 0.512. The maximum absolute atomic E-state index is 14.8. The number of aromatic nitrogens is 3. The van der Waals surface area contributed by atoms with Gasteiger partial charge < -0.3 is 24.3 Å². The molecule has 1 N–H and O–H groups in total. The summed E-state index contributed by atoms with van der Waals surface area (Å²) in [6.07, 6.45) is 3.51. The summed E-state index contributed by atoms with van der Waals surface area (Å²) >= 11 is 7.25. The normalized spacial score (nSPS) is 26.1. The summed E-state index contributed by atoms with van der Waals surface area (Å²) in [5.41, 5.74) is 6.05. The lowest BCUT2D eigenvalue weighted by atomic mass is 9.67. The van der Waals surface area contributed by atoms with Gasteiger partial charge in [-0.25, -0.2) is 9.78 Å². The maximum Gasteiger partial charge on any atom is 0.379 e. The van der Waals surface area contributed by atoms with Crippen molar-refractivity contribution in [3.63, 3.8) is 0 Å². The van der Waals surface area contributed by atoms with Crippen LogP contribution in [-0.2, 0) is 54.0 Å². The Hall–Kier alpha value is -4.38. The number of hydrogen-bond donors (Lipinski definition) is 1. The minimum Gasteiger partial charge on any atom is -0.460 e. The molecule has 1 aromatic carbocycles. The topological polar surface area (TPSA) is 139 Å². The van der Waals surface area contributed by atoms with Crippen molar-refractivity contribution in [2.24, 2.45) is 11.3 Å². The number of rotatable bonds is 4. The third-order valence-electron chi connectivity index (χ3n) is 12.1. The van der Waals surface area contributed by atoms with Crippen molar-refractivity contribution in [1.29, 1.82) is 0 Å². The zero-order valence-corrected chi connectivity index (χ0v) is 35.5. The highest BCUT2D eigenvalue weighted by molar-refractivity contribution is 7.44. The second-order valence-electron chi connectivity index (χ2n) is 16.3. The SMILES string of the molecule is CCn1c2c3c4cc(ccc41)-c1csc(n1)CC([Si])(NC(=O)[C@@H]1CCCN(C(C)=O)C1)C(=O)N1CCC[C@@H](C(=O)OCC(C)(C)C3[C@H](OC)c3ncccc3-2)[N+]1=S. The molecule has 5 atom stereocenters. The summed E-state index contributed by atoms with van der Waals surface area (Å²) in [5, 5.41) is 6.34. The van der Waals surface area contributed by atoms with Gasteiger partial charge in [-0.15, -0.1) is 16.3 Å². The standard InChI is InChI=1S/C41H46N7O6S2Si/c1-6-46-29-14-13-24-18-27(29)32-33(36(53-5)34-26(35(32)46)11-7-15-42-34)40(3,4)22-54-38(51)30-12-9-17-47(48(30)55)39(52)41(57,19-31-43-28(24)21-56-31)44-37(50)25-10-8-16-45(20-25)23(2)49/h7,11,13-15,18,21,25,30,33,36H,6,8-10,12,16-17,19-20,22H2,1-5H3/p+1/t25-,30+,33?,36+,41?/m1/s1. The van der Waals surface area contributed by atoms with E-state index in [1.807, 2.05) is 11.4 Å². The van der Waals surface area contributed by atoms with E-state index in [4.69, 9.17) is 31.9 Å². The number of piperidine rings is 1. The van der Waals surface area contributed by atoms with Crippen LogP contribution in [0.5, 0.6) is 0 Å². The van der Waals surface area contributed by atoms with Gasteiger partial charge in [0.25, 0.3) is 24.4 Å². The molecular formula is C41H47N7O6S2Si+. The monoisotopic (exact) mass is 825 g/mol. The van der Waals surface area contributed by atoms with Crippen LogP contribution in [0.3, 0.4) is 0 Å². The Morgan fingerprint density at radius 3 is 2.72 bits per heavy atom. The van der Waals surface area contributed by atoms with Gasteiger partial charge in [0.15, 0.2) is 0 Å². The number of nitrogens with one attached hydrogen (secondary N) is 1. The molecule has 16 heteroatoms. The first kappa shape index (κ1) is 39.4. The van der Waals surface area contributed by atoms with E-state index in [1.165, 1.54) is 27.3 Å². The number of fused-ring (bicyclic) bond motifs is 8. The lowest BCUT2D eigenvalue weighted by Gasteiger charge is -2.42. The lowest BCUT2D eigenvalue weighted by Crippen LogP contribution is -2.66. The largest absolute Gasteiger partial charge is 0.460 e. The predicted molar refractivity (Wildman–Crippen MR) is 217 cm³/mol. The quantitative estimate of drug-likeness (QED) is 0.177. The van der Waals surface area contributed by atoms with Crippen molar-refractivity contribution < 1.29 is 32.7 Å². The van der Waals surface area contributed by atoms with E-state index in [2.05, 4.69) is 65.2 Å². The van der Waals surface area contributed by atoms with Crippen LogP contribution < -0.4 is 5.32 Å². The van der Waals surface area contributed by atoms with E-state index in [-0.39, 0.29) is 43.8 Å². The molecule has 4 aliphatic rings. The molecule has 13 nitrogen and oxygen atoms in total. The fourth-order valence-corrected chi connectivity index (χ4v) is 11.0. The fourth-order valence-electron chi connectivity index (χ4n) is 9.26. The summed E-state index contributed by atoms with van der Waals surface area (Å²) in [4.78, 5) is 66.7. The van der Waals surface area contributed by atoms with Crippen molar-refractivity contribution in [2.45, 2.75) is 89.6 Å². The summed E-state index contributed by atoms with van der Waals surface area (Å²) in [6.45, 7) is 9.67. The molecular weight excluding hydrogens is 779 g/mol. The number of esters is 1. The number of likely N-dealkylation sites (tertiary alicyclic amines) is 1. The summed E-state index contributed by atoms with van der Waals surface area (Å²) in [5.74, 6) is -2.28. The molecule has 3 aromatic heterocycles. The van der Waals surface area contributed by atoms with Crippen LogP contribution in [0.2, 0.25) is 0 Å². The van der Waals surface area contributed by atoms with Gasteiger partial charge in [0.05, 0.1) is 51.4 Å². The molecule has 2 unspecified atom stereocenters. The first-order chi connectivity index (χ1) is 27.3. The van der Waals surface area contributed by atoms with Gasteiger partial charge in [0, 0.05) is 91.4 Å². The van der Waals surface area contributed by atoms with Crippen LogP contribution in [0.4, 0.5) is 0 Å². The molecule has 3 radical (unpaired) electrons. The molecule has 1 aliphatic carbocycles. The number of carbonyl (C=O) groups is 4. The molecule has 8 rings (SSSR count). The molecule has 3 amide bonds. The number of pyridine rings is 1. The number of hydrazine groups is 1. The van der Waals surface area contributed by atoms with Crippen LogP contribution in [0.25, 0.3) is 33.4 Å². The summed E-state index contributed by atoms with van der Waals surface area (Å²) in [6, 6.07) is 9.51.